The third-order valence-corrected chi connectivity index (χ3v) is 6.16. The van der Waals surface area contributed by atoms with Crippen molar-refractivity contribution < 1.29 is 34.2 Å². The number of aliphatic carboxylic acids is 1. The molecule has 0 aliphatic carbocycles. The number of amides is 4. The number of aromatic hydroxyl groups is 1. The Hall–Kier alpha value is -3.67. The summed E-state index contributed by atoms with van der Waals surface area (Å²) in [7, 11) is 0. The van der Waals surface area contributed by atoms with Crippen molar-refractivity contribution in [2.75, 3.05) is 0 Å². The van der Waals surface area contributed by atoms with Gasteiger partial charge in [-0.1, -0.05) is 46.2 Å². The lowest BCUT2D eigenvalue weighted by Crippen LogP contribution is -2.59. The Bertz CT molecular complexity index is 967. The minimum atomic E-state index is -1.35. The largest absolute Gasteiger partial charge is 0.508 e. The maximum absolute atomic E-state index is 13.2. The van der Waals surface area contributed by atoms with E-state index in [1.165, 1.54) is 24.3 Å². The molecule has 5 unspecified atom stereocenters. The van der Waals surface area contributed by atoms with E-state index >= 15 is 0 Å². The zero-order chi connectivity index (χ0) is 29.0. The van der Waals surface area contributed by atoms with Gasteiger partial charge in [-0.2, -0.15) is 0 Å². The van der Waals surface area contributed by atoms with E-state index in [0.717, 1.165) is 0 Å². The van der Waals surface area contributed by atoms with Gasteiger partial charge in [0.2, 0.25) is 23.6 Å². The Morgan fingerprint density at radius 1 is 0.895 bits per heavy atom. The molecule has 12 heteroatoms. The molecule has 0 saturated carbocycles. The maximum Gasteiger partial charge on any atom is 0.326 e. The third kappa shape index (κ3) is 11.2. The van der Waals surface area contributed by atoms with Crippen LogP contribution in [-0.2, 0) is 30.4 Å². The van der Waals surface area contributed by atoms with Gasteiger partial charge in [-0.05, 0) is 42.4 Å². The van der Waals surface area contributed by atoms with Gasteiger partial charge in [0.05, 0.1) is 6.04 Å². The second-order valence-corrected chi connectivity index (χ2v) is 9.94. The highest BCUT2D eigenvalue weighted by Crippen LogP contribution is 2.13. The van der Waals surface area contributed by atoms with E-state index in [4.69, 9.17) is 11.5 Å². The lowest BCUT2D eigenvalue weighted by atomic mass is 9.96. The van der Waals surface area contributed by atoms with Crippen molar-refractivity contribution in [3.8, 4) is 5.75 Å². The summed E-state index contributed by atoms with van der Waals surface area (Å²) >= 11 is 0. The first-order valence-corrected chi connectivity index (χ1v) is 12.7. The molecular formula is C26H41N5O7. The summed E-state index contributed by atoms with van der Waals surface area (Å²) in [5.74, 6) is -4.15. The normalized spacial score (nSPS) is 15.0. The van der Waals surface area contributed by atoms with Crippen LogP contribution in [0.5, 0.6) is 5.75 Å². The molecule has 0 aliphatic rings. The zero-order valence-electron chi connectivity index (χ0n) is 22.4. The highest BCUT2D eigenvalue weighted by atomic mass is 16.4. The van der Waals surface area contributed by atoms with Crippen LogP contribution >= 0.6 is 0 Å². The van der Waals surface area contributed by atoms with Gasteiger partial charge in [0.25, 0.3) is 0 Å². The fourth-order valence-electron chi connectivity index (χ4n) is 3.73. The molecule has 1 rings (SSSR count). The summed E-state index contributed by atoms with van der Waals surface area (Å²) in [6.07, 6.45) is 0.447. The Morgan fingerprint density at radius 2 is 1.47 bits per heavy atom. The number of hydrogen-bond acceptors (Lipinski definition) is 7. The monoisotopic (exact) mass is 535 g/mol. The average Bonchev–Trinajstić information content (AvgIpc) is 2.84. The molecule has 0 radical (unpaired) electrons. The topological polar surface area (TPSA) is 214 Å². The molecule has 0 spiro atoms. The molecule has 1 aromatic rings. The molecule has 0 heterocycles. The van der Waals surface area contributed by atoms with Crippen LogP contribution in [0.1, 0.15) is 58.9 Å². The number of hydrogen-bond donors (Lipinski definition) is 7. The van der Waals surface area contributed by atoms with Crippen molar-refractivity contribution in [2.24, 2.45) is 23.3 Å². The van der Waals surface area contributed by atoms with Gasteiger partial charge in [-0.15, -0.1) is 0 Å². The van der Waals surface area contributed by atoms with Gasteiger partial charge < -0.3 is 37.6 Å². The highest BCUT2D eigenvalue weighted by molar-refractivity contribution is 5.94. The SMILES string of the molecule is CCC(C)C(NC(=O)C(N)CC(C)C)C(=O)NC(CCC(N)=O)C(=O)NC(Cc1ccc(O)cc1)C(=O)O. The lowest BCUT2D eigenvalue weighted by molar-refractivity contribution is -0.142. The van der Waals surface area contributed by atoms with E-state index in [1.807, 2.05) is 20.8 Å². The average molecular weight is 536 g/mol. The first-order chi connectivity index (χ1) is 17.7. The molecule has 0 saturated heterocycles. The van der Waals surface area contributed by atoms with Crippen LogP contribution in [-0.4, -0.2) is 64.0 Å². The second kappa shape index (κ2) is 15.6. The molecule has 1 aromatic carbocycles. The fourth-order valence-corrected chi connectivity index (χ4v) is 3.73. The number of nitrogens with two attached hydrogens (primary N) is 2. The first kappa shape index (κ1) is 32.4. The molecule has 9 N–H and O–H groups in total. The van der Waals surface area contributed by atoms with Crippen molar-refractivity contribution in [2.45, 2.75) is 84.0 Å². The van der Waals surface area contributed by atoms with Crippen LogP contribution in [0.3, 0.4) is 0 Å². The maximum atomic E-state index is 13.2. The fraction of sp³-hybridized carbons (Fsp3) is 0.577. The summed E-state index contributed by atoms with van der Waals surface area (Å²) in [5, 5.41) is 26.7. The molecule has 212 valence electrons. The van der Waals surface area contributed by atoms with Crippen molar-refractivity contribution in [3.63, 3.8) is 0 Å². The van der Waals surface area contributed by atoms with Gasteiger partial charge >= 0.3 is 5.97 Å². The predicted octanol–water partition coefficient (Wildman–Crippen LogP) is 0.159. The van der Waals surface area contributed by atoms with Gasteiger partial charge in [-0.25, -0.2) is 4.79 Å². The van der Waals surface area contributed by atoms with Crippen molar-refractivity contribution in [1.29, 1.82) is 0 Å². The van der Waals surface area contributed by atoms with Crippen molar-refractivity contribution in [1.82, 2.24) is 16.0 Å². The minimum absolute atomic E-state index is 0.00648. The van der Waals surface area contributed by atoms with Gasteiger partial charge in [0, 0.05) is 12.8 Å². The molecule has 4 amide bonds. The van der Waals surface area contributed by atoms with Crippen LogP contribution in [0.15, 0.2) is 24.3 Å². The lowest BCUT2D eigenvalue weighted by Gasteiger charge is -2.28. The summed E-state index contributed by atoms with van der Waals surface area (Å²) in [4.78, 5) is 62.2. The summed E-state index contributed by atoms with van der Waals surface area (Å²) in [6.45, 7) is 7.43. The van der Waals surface area contributed by atoms with Gasteiger partial charge in [0.1, 0.15) is 23.9 Å². The number of carboxylic acids is 1. The van der Waals surface area contributed by atoms with E-state index in [2.05, 4.69) is 16.0 Å². The summed E-state index contributed by atoms with van der Waals surface area (Å²) in [6, 6.07) is 1.36. The molecule has 5 atom stereocenters. The number of phenols is 1. The summed E-state index contributed by atoms with van der Waals surface area (Å²) in [5.41, 5.74) is 11.7. The van der Waals surface area contributed by atoms with E-state index in [1.54, 1.807) is 6.92 Å². The van der Waals surface area contributed by atoms with Gasteiger partial charge in [0.15, 0.2) is 0 Å². The quantitative estimate of drug-likeness (QED) is 0.154. The number of carboxylic acid groups (broad SMARTS) is 1. The summed E-state index contributed by atoms with van der Waals surface area (Å²) < 4.78 is 0. The molecule has 0 aromatic heterocycles. The molecule has 0 aliphatic heterocycles. The van der Waals surface area contributed by atoms with Crippen molar-refractivity contribution >= 4 is 29.6 Å². The number of nitrogens with one attached hydrogen (secondary N) is 3. The smallest absolute Gasteiger partial charge is 0.326 e. The Morgan fingerprint density at radius 3 is 1.97 bits per heavy atom. The van der Waals surface area contributed by atoms with Crippen LogP contribution in [0.25, 0.3) is 0 Å². The number of primary amides is 1. The third-order valence-electron chi connectivity index (χ3n) is 6.16. The Balaban J connectivity index is 3.07. The number of carbonyl (C=O) groups excluding carboxylic acids is 4. The highest BCUT2D eigenvalue weighted by Gasteiger charge is 2.32. The second-order valence-electron chi connectivity index (χ2n) is 9.94. The van der Waals surface area contributed by atoms with Crippen molar-refractivity contribution in [3.05, 3.63) is 29.8 Å². The van der Waals surface area contributed by atoms with E-state index < -0.39 is 53.8 Å². The van der Waals surface area contributed by atoms with Crippen LogP contribution in [0.4, 0.5) is 0 Å². The molecule has 0 fully saturated rings. The predicted molar refractivity (Wildman–Crippen MR) is 141 cm³/mol. The van der Waals surface area contributed by atoms with E-state index in [9.17, 15) is 34.2 Å². The Labute approximate surface area is 222 Å². The molecule has 0 bridgehead atoms. The molecular weight excluding hydrogens is 494 g/mol. The number of rotatable bonds is 16. The van der Waals surface area contributed by atoms with Crippen LogP contribution in [0, 0.1) is 11.8 Å². The van der Waals surface area contributed by atoms with Crippen LogP contribution < -0.4 is 27.4 Å². The van der Waals surface area contributed by atoms with E-state index in [-0.39, 0.29) is 36.8 Å². The zero-order valence-corrected chi connectivity index (χ0v) is 22.4. The first-order valence-electron chi connectivity index (χ1n) is 12.7. The van der Waals surface area contributed by atoms with Gasteiger partial charge in [-0.3, -0.25) is 19.2 Å². The standard InChI is InChI=1S/C26H41N5O7/c1-5-15(4)22(31-23(34)18(27)12-14(2)3)25(36)29-19(10-11-21(28)33)24(35)30-20(26(37)38)13-16-6-8-17(32)9-7-16/h6-9,14-15,18-20,22,32H,5,10-13,27H2,1-4H3,(H2,28,33)(H,29,36)(H,30,35)(H,31,34)(H,37,38). The molecule has 12 nitrogen and oxygen atoms in total. The number of benzene rings is 1. The number of phenolic OH excluding ortho intramolecular Hbond substituents is 1. The molecule has 38 heavy (non-hydrogen) atoms. The van der Waals surface area contributed by atoms with Crippen LogP contribution in [0.2, 0.25) is 0 Å². The Kier molecular flexibility index (Phi) is 13.2. The minimum Gasteiger partial charge on any atom is -0.508 e. The van der Waals surface area contributed by atoms with E-state index in [0.29, 0.717) is 18.4 Å². The number of carbonyl (C=O) groups is 5.